The summed E-state index contributed by atoms with van der Waals surface area (Å²) in [6, 6.07) is 16.5. The second kappa shape index (κ2) is 9.44. The first kappa shape index (κ1) is 23.1. The fraction of sp³-hybridized carbons (Fsp3) is 0.227. The van der Waals surface area contributed by atoms with Crippen molar-refractivity contribution in [1.29, 1.82) is 0 Å². The molecule has 9 nitrogen and oxygen atoms in total. The Morgan fingerprint density at radius 1 is 1.00 bits per heavy atom. The number of benzene rings is 3. The van der Waals surface area contributed by atoms with Gasteiger partial charge in [0, 0.05) is 38.3 Å². The third kappa shape index (κ3) is 5.14. The van der Waals surface area contributed by atoms with E-state index < -0.39 is 14.9 Å². The van der Waals surface area contributed by atoms with Gasteiger partial charge >= 0.3 is 0 Å². The number of nitrogens with one attached hydrogen (secondary N) is 1. The first-order valence-electron chi connectivity index (χ1n) is 10.2. The minimum Gasteiger partial charge on any atom is -0.323 e. The molecule has 1 aliphatic heterocycles. The number of hydrogen-bond donors (Lipinski definition) is 1. The van der Waals surface area contributed by atoms with Crippen molar-refractivity contribution in [1.82, 2.24) is 9.21 Å². The van der Waals surface area contributed by atoms with E-state index in [2.05, 4.69) is 5.32 Å². The van der Waals surface area contributed by atoms with Crippen molar-refractivity contribution in [2.45, 2.75) is 4.90 Å². The topological polar surface area (TPSA) is 113 Å². The standard InChI is InChI=1S/C22H21ClN4O5S/c23-20-8-6-18(27(29)30)14-21(20)24-22(28)15-25-9-11-26(12-10-25)33(31,32)19-7-5-16-3-1-2-4-17(16)13-19/h1-8,13-14H,9-12,15H2,(H,24,28). The number of fused-ring (bicyclic) bond motifs is 1. The number of non-ortho nitro benzene ring substituents is 1. The lowest BCUT2D eigenvalue weighted by atomic mass is 10.1. The molecule has 1 heterocycles. The van der Waals surface area contributed by atoms with E-state index in [0.717, 1.165) is 10.8 Å². The van der Waals surface area contributed by atoms with Gasteiger partial charge in [0.1, 0.15) is 0 Å². The van der Waals surface area contributed by atoms with Crippen LogP contribution in [0.25, 0.3) is 10.8 Å². The maximum Gasteiger partial charge on any atom is 0.271 e. The van der Waals surface area contributed by atoms with E-state index in [1.54, 1.807) is 18.2 Å². The van der Waals surface area contributed by atoms with Crippen molar-refractivity contribution in [2.75, 3.05) is 38.0 Å². The van der Waals surface area contributed by atoms with Crippen LogP contribution in [0.3, 0.4) is 0 Å². The zero-order valence-electron chi connectivity index (χ0n) is 17.5. The molecule has 1 aliphatic rings. The quantitative estimate of drug-likeness (QED) is 0.420. The monoisotopic (exact) mass is 488 g/mol. The van der Waals surface area contributed by atoms with Gasteiger partial charge < -0.3 is 5.32 Å². The second-order valence-corrected chi connectivity index (χ2v) is 10.0. The molecule has 172 valence electrons. The van der Waals surface area contributed by atoms with Crippen LogP contribution < -0.4 is 5.32 Å². The lowest BCUT2D eigenvalue weighted by Gasteiger charge is -2.33. The number of anilines is 1. The largest absolute Gasteiger partial charge is 0.323 e. The van der Waals surface area contributed by atoms with Crippen LogP contribution in [0.4, 0.5) is 11.4 Å². The smallest absolute Gasteiger partial charge is 0.271 e. The van der Waals surface area contributed by atoms with Gasteiger partial charge in [-0.3, -0.25) is 19.8 Å². The molecular formula is C22H21ClN4O5S. The van der Waals surface area contributed by atoms with Crippen LogP contribution >= 0.6 is 11.6 Å². The maximum absolute atomic E-state index is 13.1. The third-order valence-corrected chi connectivity index (χ3v) is 7.72. The summed E-state index contributed by atoms with van der Waals surface area (Å²) in [4.78, 5) is 24.9. The van der Waals surface area contributed by atoms with Crippen LogP contribution in [-0.2, 0) is 14.8 Å². The highest BCUT2D eigenvalue weighted by Crippen LogP contribution is 2.27. The number of carbonyl (C=O) groups excluding carboxylic acids is 1. The molecule has 0 radical (unpaired) electrons. The minimum absolute atomic E-state index is 0.0167. The Bertz CT molecular complexity index is 1320. The number of nitro groups is 1. The molecule has 0 spiro atoms. The molecule has 1 amide bonds. The Hall–Kier alpha value is -3.05. The van der Waals surface area contributed by atoms with Crippen LogP contribution in [0, 0.1) is 10.1 Å². The molecule has 33 heavy (non-hydrogen) atoms. The van der Waals surface area contributed by atoms with E-state index in [1.165, 1.54) is 22.5 Å². The molecule has 3 aromatic carbocycles. The molecule has 0 aromatic heterocycles. The van der Waals surface area contributed by atoms with E-state index in [4.69, 9.17) is 11.6 Å². The Kier molecular flexibility index (Phi) is 6.61. The third-order valence-electron chi connectivity index (χ3n) is 5.49. The summed E-state index contributed by atoms with van der Waals surface area (Å²) in [7, 11) is -3.65. The molecule has 0 atom stereocenters. The predicted octanol–water partition coefficient (Wildman–Crippen LogP) is 3.35. The van der Waals surface area contributed by atoms with Gasteiger partial charge in [-0.25, -0.2) is 8.42 Å². The number of rotatable bonds is 6. The number of piperazine rings is 1. The fourth-order valence-corrected chi connectivity index (χ4v) is 5.34. The maximum atomic E-state index is 13.1. The highest BCUT2D eigenvalue weighted by atomic mass is 35.5. The van der Waals surface area contributed by atoms with Crippen molar-refractivity contribution in [3.05, 3.63) is 75.8 Å². The number of sulfonamides is 1. The molecule has 1 fully saturated rings. The van der Waals surface area contributed by atoms with Gasteiger partial charge in [0.05, 0.1) is 27.1 Å². The van der Waals surface area contributed by atoms with E-state index in [1.807, 2.05) is 29.2 Å². The second-order valence-electron chi connectivity index (χ2n) is 7.66. The molecule has 4 rings (SSSR count). The highest BCUT2D eigenvalue weighted by molar-refractivity contribution is 7.89. The summed E-state index contributed by atoms with van der Waals surface area (Å²) >= 11 is 6.03. The number of hydrogen-bond acceptors (Lipinski definition) is 6. The summed E-state index contributed by atoms with van der Waals surface area (Å²) in [5, 5.41) is 15.5. The van der Waals surface area contributed by atoms with E-state index in [-0.39, 0.29) is 46.8 Å². The van der Waals surface area contributed by atoms with Crippen LogP contribution in [0.15, 0.2) is 65.6 Å². The van der Waals surface area contributed by atoms with Crippen molar-refractivity contribution in [2.24, 2.45) is 0 Å². The van der Waals surface area contributed by atoms with Crippen molar-refractivity contribution in [3.63, 3.8) is 0 Å². The zero-order chi connectivity index (χ0) is 23.6. The number of nitrogens with zero attached hydrogens (tertiary/aromatic N) is 3. The normalized spacial score (nSPS) is 15.4. The summed E-state index contributed by atoms with van der Waals surface area (Å²) in [6.07, 6.45) is 0. The summed E-state index contributed by atoms with van der Waals surface area (Å²) in [5.74, 6) is -0.386. The zero-order valence-corrected chi connectivity index (χ0v) is 19.1. The van der Waals surface area contributed by atoms with Crippen LogP contribution in [0.5, 0.6) is 0 Å². The SMILES string of the molecule is O=C(CN1CCN(S(=O)(=O)c2ccc3ccccc3c2)CC1)Nc1cc([N+](=O)[O-])ccc1Cl. The number of carbonyl (C=O) groups is 1. The number of nitro benzene ring substituents is 1. The van der Waals surface area contributed by atoms with Gasteiger partial charge in [0.2, 0.25) is 15.9 Å². The predicted molar refractivity (Wildman–Crippen MR) is 126 cm³/mol. The first-order chi connectivity index (χ1) is 15.7. The lowest BCUT2D eigenvalue weighted by Crippen LogP contribution is -2.50. The number of halogens is 1. The first-order valence-corrected chi connectivity index (χ1v) is 12.0. The van der Waals surface area contributed by atoms with Gasteiger partial charge in [-0.15, -0.1) is 0 Å². The van der Waals surface area contributed by atoms with Crippen LogP contribution in [0.2, 0.25) is 5.02 Å². The summed E-state index contributed by atoms with van der Waals surface area (Å²) < 4.78 is 27.6. The molecule has 0 bridgehead atoms. The lowest BCUT2D eigenvalue weighted by molar-refractivity contribution is -0.384. The average molecular weight is 489 g/mol. The van der Waals surface area contributed by atoms with Gasteiger partial charge in [0.15, 0.2) is 0 Å². The minimum atomic E-state index is -3.65. The number of amides is 1. The molecular weight excluding hydrogens is 468 g/mol. The Balaban J connectivity index is 1.37. The molecule has 0 aliphatic carbocycles. The van der Waals surface area contributed by atoms with Crippen molar-refractivity contribution >= 4 is 49.7 Å². The molecule has 11 heteroatoms. The molecule has 3 aromatic rings. The highest BCUT2D eigenvalue weighted by Gasteiger charge is 2.29. The van der Waals surface area contributed by atoms with Gasteiger partial charge in [0.25, 0.3) is 5.69 Å². The Morgan fingerprint density at radius 3 is 2.39 bits per heavy atom. The van der Waals surface area contributed by atoms with Gasteiger partial charge in [-0.05, 0) is 29.0 Å². The van der Waals surface area contributed by atoms with Gasteiger partial charge in [-0.1, -0.05) is 41.9 Å². The van der Waals surface area contributed by atoms with Crippen molar-refractivity contribution in [3.8, 4) is 0 Å². The Morgan fingerprint density at radius 2 is 1.70 bits per heavy atom. The molecule has 0 unspecified atom stereocenters. The molecule has 1 saturated heterocycles. The van der Waals surface area contributed by atoms with Gasteiger partial charge in [-0.2, -0.15) is 4.31 Å². The van der Waals surface area contributed by atoms with E-state index in [0.29, 0.717) is 13.1 Å². The summed E-state index contributed by atoms with van der Waals surface area (Å²) in [6.45, 7) is 1.27. The summed E-state index contributed by atoms with van der Waals surface area (Å²) in [5.41, 5.74) is -0.0180. The van der Waals surface area contributed by atoms with E-state index in [9.17, 15) is 23.3 Å². The van der Waals surface area contributed by atoms with Crippen LogP contribution in [-0.4, -0.2) is 61.2 Å². The fourth-order valence-electron chi connectivity index (χ4n) is 3.72. The van der Waals surface area contributed by atoms with E-state index >= 15 is 0 Å². The van der Waals surface area contributed by atoms with Crippen molar-refractivity contribution < 1.29 is 18.1 Å². The molecule has 1 N–H and O–H groups in total. The molecule has 0 saturated carbocycles. The van der Waals surface area contributed by atoms with Crippen LogP contribution in [0.1, 0.15) is 0 Å². The Labute approximate surface area is 195 Å². The average Bonchev–Trinajstić information content (AvgIpc) is 2.80.